The fourth-order valence-electron chi connectivity index (χ4n) is 3.33. The van der Waals surface area contributed by atoms with Crippen LogP contribution in [-0.2, 0) is 15.5 Å². The molecule has 0 unspecified atom stereocenters. The van der Waals surface area contributed by atoms with Crippen molar-refractivity contribution in [1.29, 1.82) is 0 Å². The predicted octanol–water partition coefficient (Wildman–Crippen LogP) is 9.77. The lowest BCUT2D eigenvalue weighted by Gasteiger charge is -2.05. The number of hydrogen-bond acceptors (Lipinski definition) is 2. The number of benzene rings is 2. The maximum absolute atomic E-state index is 11.8. The summed E-state index contributed by atoms with van der Waals surface area (Å²) in [6, 6.07) is 17.9. The van der Waals surface area contributed by atoms with Gasteiger partial charge in [-0.15, -0.1) is 0 Å². The van der Waals surface area contributed by atoms with E-state index < -0.39 is 0 Å². The van der Waals surface area contributed by atoms with E-state index in [2.05, 4.69) is 50.9 Å². The third-order valence-corrected chi connectivity index (χ3v) is 6.59. The summed E-state index contributed by atoms with van der Waals surface area (Å²) in [7, 11) is 0. The molecule has 0 heterocycles. The van der Waals surface area contributed by atoms with Gasteiger partial charge in [0.05, 0.1) is 0 Å². The van der Waals surface area contributed by atoms with Crippen LogP contribution in [0.2, 0.25) is 0 Å². The summed E-state index contributed by atoms with van der Waals surface area (Å²) in [4.78, 5) is 11.8. The van der Waals surface area contributed by atoms with Crippen molar-refractivity contribution in [1.82, 2.24) is 0 Å². The first-order chi connectivity index (χ1) is 15.7. The first-order valence-electron chi connectivity index (χ1n) is 12.1. The molecule has 0 bridgehead atoms. The third-order valence-electron chi connectivity index (χ3n) is 5.29. The Morgan fingerprint density at radius 2 is 1.12 bits per heavy atom. The van der Waals surface area contributed by atoms with Gasteiger partial charge in [0.15, 0.2) is 0 Å². The zero-order chi connectivity index (χ0) is 23.3. The monoisotopic (exact) mass is 566 g/mol. The molecule has 0 N–H and O–H groups in total. The van der Waals surface area contributed by atoms with Crippen molar-refractivity contribution in [2.45, 2.75) is 94.6 Å². The lowest BCUT2D eigenvalue weighted by molar-refractivity contribution is -0.134. The molecule has 0 aliphatic heterocycles. The average molecular weight is 568 g/mol. The number of ether oxygens (including phenoxy) is 1. The molecule has 2 aromatic rings. The van der Waals surface area contributed by atoms with Crippen LogP contribution < -0.4 is 4.74 Å². The van der Waals surface area contributed by atoms with E-state index in [9.17, 15) is 4.79 Å². The van der Waals surface area contributed by atoms with E-state index in [0.29, 0.717) is 12.2 Å². The van der Waals surface area contributed by atoms with Gasteiger partial charge in [-0.05, 0) is 29.7 Å². The van der Waals surface area contributed by atoms with Crippen LogP contribution in [-0.4, -0.2) is 5.97 Å². The molecule has 4 heteroatoms. The average Bonchev–Trinajstić information content (AvgIpc) is 2.84. The van der Waals surface area contributed by atoms with Crippen molar-refractivity contribution >= 4 is 37.8 Å². The lowest BCUT2D eigenvalue weighted by Crippen LogP contribution is -2.07. The minimum Gasteiger partial charge on any atom is -0.427 e. The summed E-state index contributed by atoms with van der Waals surface area (Å²) >= 11 is 6.76. The maximum Gasteiger partial charge on any atom is 0.311 e. The molecule has 0 saturated heterocycles. The highest BCUT2D eigenvalue weighted by Crippen LogP contribution is 2.16. The largest absolute Gasteiger partial charge is 0.427 e. The molecule has 0 aliphatic rings. The summed E-state index contributed by atoms with van der Waals surface area (Å²) < 4.78 is 5.35. The normalized spacial score (nSPS) is 10.3. The van der Waals surface area contributed by atoms with E-state index in [-0.39, 0.29) is 5.97 Å². The topological polar surface area (TPSA) is 26.3 Å². The van der Waals surface area contributed by atoms with Gasteiger partial charge in [-0.2, -0.15) is 0 Å². The summed E-state index contributed by atoms with van der Waals surface area (Å²) in [5, 5.41) is 1.77. The van der Waals surface area contributed by atoms with Crippen LogP contribution >= 0.6 is 31.9 Å². The highest BCUT2D eigenvalue weighted by atomic mass is 79.9. The predicted molar refractivity (Wildman–Crippen MR) is 145 cm³/mol. The molecular weight excluding hydrogens is 528 g/mol. The van der Waals surface area contributed by atoms with Crippen LogP contribution in [0.3, 0.4) is 0 Å². The molecule has 2 aromatic carbocycles. The second kappa shape index (κ2) is 20.5. The smallest absolute Gasteiger partial charge is 0.311 e. The number of alkyl halides is 2. The molecule has 32 heavy (non-hydrogen) atoms. The van der Waals surface area contributed by atoms with Gasteiger partial charge in [0.1, 0.15) is 5.75 Å². The summed E-state index contributed by atoms with van der Waals surface area (Å²) in [5.41, 5.74) is 2.51. The summed E-state index contributed by atoms with van der Waals surface area (Å²) in [5.74, 6) is 0.533. The second-order valence-corrected chi connectivity index (χ2v) is 9.28. The van der Waals surface area contributed by atoms with Gasteiger partial charge in [-0.1, -0.05) is 145 Å². The van der Waals surface area contributed by atoms with Gasteiger partial charge in [0, 0.05) is 17.1 Å². The number of carbonyl (C=O) groups excluding carboxylic acids is 1. The van der Waals surface area contributed by atoms with Gasteiger partial charge >= 0.3 is 5.97 Å². The van der Waals surface area contributed by atoms with Crippen LogP contribution in [0, 0.1) is 0 Å². The van der Waals surface area contributed by atoms with Crippen molar-refractivity contribution < 1.29 is 9.53 Å². The highest BCUT2D eigenvalue weighted by Gasteiger charge is 2.04. The Morgan fingerprint density at radius 3 is 1.59 bits per heavy atom. The van der Waals surface area contributed by atoms with Gasteiger partial charge < -0.3 is 4.74 Å². The van der Waals surface area contributed by atoms with Gasteiger partial charge in [0.25, 0.3) is 0 Å². The van der Waals surface area contributed by atoms with Crippen molar-refractivity contribution in [2.75, 3.05) is 0 Å². The number of rotatable bonds is 15. The Balaban J connectivity index is 0.000000533. The SMILES string of the molecule is BrCc1ccccc1.CCCCCCCCCCCCCC(=O)Oc1ccc(CBr)cc1. The molecule has 0 amide bonds. The van der Waals surface area contributed by atoms with E-state index in [1.54, 1.807) is 0 Å². The van der Waals surface area contributed by atoms with Crippen molar-refractivity contribution in [3.05, 3.63) is 65.7 Å². The van der Waals surface area contributed by atoms with E-state index >= 15 is 0 Å². The van der Waals surface area contributed by atoms with Crippen molar-refractivity contribution in [3.63, 3.8) is 0 Å². The number of carbonyl (C=O) groups is 1. The Labute approximate surface area is 212 Å². The molecule has 178 valence electrons. The first kappa shape index (κ1) is 28.9. The first-order valence-corrected chi connectivity index (χ1v) is 14.4. The standard InChI is InChI=1S/C21H33BrO2.C7H7Br/c1-2-3-4-5-6-7-8-9-10-11-12-13-21(23)24-20-16-14-19(18-22)15-17-20;8-6-7-4-2-1-3-5-7/h14-17H,2-13,18H2,1H3;1-5H,6H2. The zero-order valence-electron chi connectivity index (χ0n) is 19.7. The summed E-state index contributed by atoms with van der Waals surface area (Å²) in [6.07, 6.45) is 14.8. The highest BCUT2D eigenvalue weighted by molar-refractivity contribution is 9.08. The van der Waals surface area contributed by atoms with Crippen LogP contribution in [0.15, 0.2) is 54.6 Å². The minimum absolute atomic E-state index is 0.113. The Morgan fingerprint density at radius 1 is 0.656 bits per heavy atom. The number of hydrogen-bond donors (Lipinski definition) is 0. The molecule has 0 saturated carbocycles. The third kappa shape index (κ3) is 15.6. The number of unbranched alkanes of at least 4 members (excludes halogenated alkanes) is 10. The molecule has 0 aliphatic carbocycles. The van der Waals surface area contributed by atoms with Crippen molar-refractivity contribution in [2.24, 2.45) is 0 Å². The van der Waals surface area contributed by atoms with Crippen LogP contribution in [0.4, 0.5) is 0 Å². The van der Waals surface area contributed by atoms with Crippen LogP contribution in [0.5, 0.6) is 5.75 Å². The minimum atomic E-state index is -0.113. The molecule has 0 atom stereocenters. The van der Waals surface area contributed by atoms with E-state index in [1.807, 2.05) is 42.5 Å². The number of halogens is 2. The molecule has 0 spiro atoms. The molecule has 2 rings (SSSR count). The van der Waals surface area contributed by atoms with Gasteiger partial charge in [0.2, 0.25) is 0 Å². The maximum atomic E-state index is 11.8. The molecule has 0 aromatic heterocycles. The quantitative estimate of drug-likeness (QED) is 0.0926. The second-order valence-electron chi connectivity index (χ2n) is 8.16. The Bertz CT molecular complexity index is 686. The molecule has 0 radical (unpaired) electrons. The zero-order valence-corrected chi connectivity index (χ0v) is 22.8. The van der Waals surface area contributed by atoms with E-state index in [0.717, 1.165) is 23.5 Å². The van der Waals surface area contributed by atoms with Gasteiger partial charge in [-0.3, -0.25) is 4.79 Å². The Kier molecular flexibility index (Phi) is 18.5. The van der Waals surface area contributed by atoms with E-state index in [4.69, 9.17) is 4.74 Å². The molecular formula is C28H40Br2O2. The van der Waals surface area contributed by atoms with Gasteiger partial charge in [-0.25, -0.2) is 0 Å². The number of esters is 1. The van der Waals surface area contributed by atoms with Crippen LogP contribution in [0.25, 0.3) is 0 Å². The Hall–Kier alpha value is -1.13. The lowest BCUT2D eigenvalue weighted by atomic mass is 10.1. The fourth-order valence-corrected chi connectivity index (χ4v) is 4.08. The molecule has 0 fully saturated rings. The molecule has 2 nitrogen and oxygen atoms in total. The van der Waals surface area contributed by atoms with Crippen LogP contribution in [0.1, 0.15) is 95.1 Å². The summed E-state index contributed by atoms with van der Waals surface area (Å²) in [6.45, 7) is 2.26. The van der Waals surface area contributed by atoms with Crippen molar-refractivity contribution in [3.8, 4) is 5.75 Å². The van der Waals surface area contributed by atoms with E-state index in [1.165, 1.54) is 68.9 Å². The fraction of sp³-hybridized carbons (Fsp3) is 0.536.